The number of ether oxygens (including phenoxy) is 1. The average Bonchev–Trinajstić information content (AvgIpc) is 2.51. The Morgan fingerprint density at radius 1 is 1.19 bits per heavy atom. The summed E-state index contributed by atoms with van der Waals surface area (Å²) < 4.78 is 45.9. The standard InChI is InChI=1S/C16H22F3NO/c1-2-7-20-14(10-11-5-8-21-9-6-11)12-3-4-13(17)16(19)15(12)18/h3-4,11,14,20H,2,5-10H2,1H3. The van der Waals surface area contributed by atoms with Crippen molar-refractivity contribution < 1.29 is 17.9 Å². The first-order valence-electron chi connectivity index (χ1n) is 7.58. The molecule has 1 saturated heterocycles. The predicted octanol–water partition coefficient (Wildman–Crippen LogP) is 3.96. The van der Waals surface area contributed by atoms with E-state index in [2.05, 4.69) is 5.32 Å². The Kier molecular flexibility index (Phi) is 6.06. The molecule has 1 heterocycles. The Bertz CT molecular complexity index is 461. The van der Waals surface area contributed by atoms with Crippen LogP contribution in [0.2, 0.25) is 0 Å². The Morgan fingerprint density at radius 3 is 2.57 bits per heavy atom. The molecule has 1 aromatic rings. The Labute approximate surface area is 123 Å². The lowest BCUT2D eigenvalue weighted by Gasteiger charge is -2.28. The lowest BCUT2D eigenvalue weighted by Crippen LogP contribution is -2.28. The highest BCUT2D eigenvalue weighted by Crippen LogP contribution is 2.30. The molecule has 1 fully saturated rings. The predicted molar refractivity (Wildman–Crippen MR) is 75.5 cm³/mol. The van der Waals surface area contributed by atoms with Crippen LogP contribution in [0, 0.1) is 23.4 Å². The second-order valence-corrected chi connectivity index (χ2v) is 5.56. The van der Waals surface area contributed by atoms with Crippen LogP contribution in [0.15, 0.2) is 12.1 Å². The summed E-state index contributed by atoms with van der Waals surface area (Å²) in [4.78, 5) is 0. The van der Waals surface area contributed by atoms with Gasteiger partial charge in [0, 0.05) is 24.8 Å². The summed E-state index contributed by atoms with van der Waals surface area (Å²) in [5, 5.41) is 3.25. The fraction of sp³-hybridized carbons (Fsp3) is 0.625. The van der Waals surface area contributed by atoms with Crippen molar-refractivity contribution in [3.63, 3.8) is 0 Å². The van der Waals surface area contributed by atoms with E-state index in [1.54, 1.807) is 0 Å². The van der Waals surface area contributed by atoms with Gasteiger partial charge in [0.15, 0.2) is 17.5 Å². The molecule has 1 aromatic carbocycles. The second-order valence-electron chi connectivity index (χ2n) is 5.56. The summed E-state index contributed by atoms with van der Waals surface area (Å²) in [6, 6.07) is 2.06. The fourth-order valence-electron chi connectivity index (χ4n) is 2.76. The van der Waals surface area contributed by atoms with Crippen LogP contribution < -0.4 is 5.32 Å². The van der Waals surface area contributed by atoms with Gasteiger partial charge < -0.3 is 10.1 Å². The first-order chi connectivity index (χ1) is 10.1. The Hall–Kier alpha value is -1.07. The van der Waals surface area contributed by atoms with Gasteiger partial charge in [-0.1, -0.05) is 13.0 Å². The summed E-state index contributed by atoms with van der Waals surface area (Å²) in [5.41, 5.74) is 0.217. The lowest BCUT2D eigenvalue weighted by molar-refractivity contribution is 0.0603. The van der Waals surface area contributed by atoms with Crippen LogP contribution in [-0.4, -0.2) is 19.8 Å². The van der Waals surface area contributed by atoms with Crippen molar-refractivity contribution in [3.8, 4) is 0 Å². The molecule has 0 amide bonds. The molecule has 0 aromatic heterocycles. The maximum absolute atomic E-state index is 14.0. The van der Waals surface area contributed by atoms with Crippen LogP contribution in [0.3, 0.4) is 0 Å². The van der Waals surface area contributed by atoms with E-state index in [0.717, 1.165) is 25.3 Å². The topological polar surface area (TPSA) is 21.3 Å². The quantitative estimate of drug-likeness (QED) is 0.803. The zero-order valence-electron chi connectivity index (χ0n) is 12.3. The van der Waals surface area contributed by atoms with Crippen molar-refractivity contribution in [2.75, 3.05) is 19.8 Å². The van der Waals surface area contributed by atoms with Crippen molar-refractivity contribution in [2.45, 2.75) is 38.6 Å². The second kappa shape index (κ2) is 7.80. The van der Waals surface area contributed by atoms with E-state index < -0.39 is 17.5 Å². The zero-order chi connectivity index (χ0) is 15.2. The van der Waals surface area contributed by atoms with Gasteiger partial charge in [-0.05, 0) is 44.2 Å². The van der Waals surface area contributed by atoms with Crippen molar-refractivity contribution in [1.29, 1.82) is 0 Å². The normalized spacial score (nSPS) is 17.9. The number of halogens is 3. The molecule has 118 valence electrons. The number of hydrogen-bond acceptors (Lipinski definition) is 2. The average molecular weight is 301 g/mol. The van der Waals surface area contributed by atoms with E-state index in [9.17, 15) is 13.2 Å². The van der Waals surface area contributed by atoms with E-state index in [4.69, 9.17) is 4.74 Å². The van der Waals surface area contributed by atoms with Gasteiger partial charge in [0.2, 0.25) is 0 Å². The van der Waals surface area contributed by atoms with E-state index in [1.165, 1.54) is 6.07 Å². The minimum Gasteiger partial charge on any atom is -0.381 e. The Balaban J connectivity index is 2.16. The van der Waals surface area contributed by atoms with Crippen molar-refractivity contribution >= 4 is 0 Å². The third-order valence-corrected chi connectivity index (χ3v) is 3.99. The molecule has 2 nitrogen and oxygen atoms in total. The van der Waals surface area contributed by atoms with E-state index in [0.29, 0.717) is 32.1 Å². The van der Waals surface area contributed by atoms with Gasteiger partial charge in [0.1, 0.15) is 0 Å². The highest BCUT2D eigenvalue weighted by Gasteiger charge is 2.24. The molecule has 5 heteroatoms. The highest BCUT2D eigenvalue weighted by molar-refractivity contribution is 5.23. The van der Waals surface area contributed by atoms with Gasteiger partial charge >= 0.3 is 0 Å². The highest BCUT2D eigenvalue weighted by atomic mass is 19.2. The molecule has 0 spiro atoms. The third-order valence-electron chi connectivity index (χ3n) is 3.99. The molecule has 0 bridgehead atoms. The first kappa shape index (κ1) is 16.3. The van der Waals surface area contributed by atoms with Gasteiger partial charge in [0.25, 0.3) is 0 Å². The van der Waals surface area contributed by atoms with Crippen LogP contribution in [0.5, 0.6) is 0 Å². The molecule has 1 aliphatic heterocycles. The van der Waals surface area contributed by atoms with Crippen LogP contribution >= 0.6 is 0 Å². The number of hydrogen-bond donors (Lipinski definition) is 1. The molecular weight excluding hydrogens is 279 g/mol. The van der Waals surface area contributed by atoms with Gasteiger partial charge in [-0.25, -0.2) is 13.2 Å². The van der Waals surface area contributed by atoms with Gasteiger partial charge in [-0.3, -0.25) is 0 Å². The van der Waals surface area contributed by atoms with E-state index >= 15 is 0 Å². The Morgan fingerprint density at radius 2 is 1.90 bits per heavy atom. The molecule has 0 saturated carbocycles. The maximum atomic E-state index is 14.0. The minimum absolute atomic E-state index is 0.217. The third kappa shape index (κ3) is 4.20. The molecule has 0 aliphatic carbocycles. The van der Waals surface area contributed by atoms with Crippen molar-refractivity contribution in [3.05, 3.63) is 35.1 Å². The first-order valence-corrected chi connectivity index (χ1v) is 7.58. The smallest absolute Gasteiger partial charge is 0.194 e. The molecular formula is C16H22F3NO. The minimum atomic E-state index is -1.39. The van der Waals surface area contributed by atoms with Crippen LogP contribution in [-0.2, 0) is 4.74 Å². The SMILES string of the molecule is CCCNC(CC1CCOCC1)c1ccc(F)c(F)c1F. The van der Waals surface area contributed by atoms with Crippen LogP contribution in [0.1, 0.15) is 44.2 Å². The maximum Gasteiger partial charge on any atom is 0.194 e. The van der Waals surface area contributed by atoms with Gasteiger partial charge in [0.05, 0.1) is 0 Å². The molecule has 1 atom stereocenters. The summed E-state index contributed by atoms with van der Waals surface area (Å²) in [6.45, 7) is 4.16. The molecule has 0 radical (unpaired) electrons. The summed E-state index contributed by atoms with van der Waals surface area (Å²) in [6.07, 6.45) is 3.46. The number of rotatable bonds is 6. The molecule has 1 N–H and O–H groups in total. The van der Waals surface area contributed by atoms with Gasteiger partial charge in [-0.15, -0.1) is 0 Å². The molecule has 1 unspecified atom stereocenters. The van der Waals surface area contributed by atoms with E-state index in [-0.39, 0.29) is 11.6 Å². The zero-order valence-corrected chi connectivity index (χ0v) is 12.3. The van der Waals surface area contributed by atoms with E-state index in [1.807, 2.05) is 6.92 Å². The number of benzene rings is 1. The van der Waals surface area contributed by atoms with Crippen LogP contribution in [0.4, 0.5) is 13.2 Å². The van der Waals surface area contributed by atoms with Gasteiger partial charge in [-0.2, -0.15) is 0 Å². The largest absolute Gasteiger partial charge is 0.381 e. The van der Waals surface area contributed by atoms with Crippen LogP contribution in [0.25, 0.3) is 0 Å². The molecule has 2 rings (SSSR count). The van der Waals surface area contributed by atoms with Crippen molar-refractivity contribution in [2.24, 2.45) is 5.92 Å². The fourth-order valence-corrected chi connectivity index (χ4v) is 2.76. The van der Waals surface area contributed by atoms with Crippen molar-refractivity contribution in [1.82, 2.24) is 5.32 Å². The lowest BCUT2D eigenvalue weighted by atomic mass is 9.89. The monoisotopic (exact) mass is 301 g/mol. The summed E-state index contributed by atoms with van der Waals surface area (Å²) in [7, 11) is 0. The molecule has 1 aliphatic rings. The molecule has 21 heavy (non-hydrogen) atoms. The summed E-state index contributed by atoms with van der Waals surface area (Å²) in [5.74, 6) is -3.18. The summed E-state index contributed by atoms with van der Waals surface area (Å²) >= 11 is 0. The number of nitrogens with one attached hydrogen (secondary N) is 1.